The minimum absolute atomic E-state index is 0.335. The fourth-order valence-corrected chi connectivity index (χ4v) is 2.70. The van der Waals surface area contributed by atoms with Crippen LogP contribution in [0.1, 0.15) is 30.6 Å². The zero-order chi connectivity index (χ0) is 12.0. The predicted octanol–water partition coefficient (Wildman–Crippen LogP) is 2.91. The number of hydrogen-bond acceptors (Lipinski definition) is 4. The predicted molar refractivity (Wildman–Crippen MR) is 69.2 cm³/mol. The number of aromatic nitrogens is 1. The fraction of sp³-hybridized carbons (Fsp3) is 0.727. The van der Waals surface area contributed by atoms with Crippen molar-refractivity contribution in [2.24, 2.45) is 0 Å². The van der Waals surface area contributed by atoms with Crippen molar-refractivity contribution in [1.29, 1.82) is 0 Å². The Bertz CT molecular complexity index is 306. The van der Waals surface area contributed by atoms with Crippen molar-refractivity contribution in [3.8, 4) is 0 Å². The number of nitrogens with zero attached hydrogens (tertiary/aromatic N) is 2. The Kier molecular flexibility index (Phi) is 6.28. The summed E-state index contributed by atoms with van der Waals surface area (Å²) in [5.41, 5.74) is 0.969. The Morgan fingerprint density at radius 1 is 1.62 bits per heavy atom. The maximum absolute atomic E-state index is 5.75. The Morgan fingerprint density at radius 3 is 2.88 bits per heavy atom. The van der Waals surface area contributed by atoms with Crippen LogP contribution in [0.4, 0.5) is 0 Å². The summed E-state index contributed by atoms with van der Waals surface area (Å²) in [7, 11) is 1.73. The molecule has 1 rings (SSSR count). The van der Waals surface area contributed by atoms with Gasteiger partial charge in [-0.3, -0.25) is 4.90 Å². The molecule has 0 saturated carbocycles. The third kappa shape index (κ3) is 3.70. The van der Waals surface area contributed by atoms with E-state index in [9.17, 15) is 0 Å². The second kappa shape index (κ2) is 7.22. The van der Waals surface area contributed by atoms with Gasteiger partial charge in [0, 0.05) is 19.0 Å². The highest BCUT2D eigenvalue weighted by molar-refractivity contribution is 7.09. The van der Waals surface area contributed by atoms with Crippen LogP contribution in [0.25, 0.3) is 0 Å². The molecule has 5 heteroatoms. The molecule has 3 nitrogen and oxygen atoms in total. The van der Waals surface area contributed by atoms with Crippen LogP contribution in [0.5, 0.6) is 0 Å². The van der Waals surface area contributed by atoms with E-state index < -0.39 is 0 Å². The van der Waals surface area contributed by atoms with E-state index >= 15 is 0 Å². The number of thiazole rings is 1. The third-order valence-corrected chi connectivity index (χ3v) is 3.94. The molecule has 16 heavy (non-hydrogen) atoms. The average molecular weight is 263 g/mol. The highest BCUT2D eigenvalue weighted by Gasteiger charge is 2.16. The minimum atomic E-state index is 0.335. The molecule has 0 aliphatic rings. The first-order chi connectivity index (χ1) is 7.72. The topological polar surface area (TPSA) is 25.4 Å². The van der Waals surface area contributed by atoms with Gasteiger partial charge in [-0.05, 0) is 13.5 Å². The molecule has 1 aromatic heterocycles. The summed E-state index contributed by atoms with van der Waals surface area (Å²) in [6.45, 7) is 7.02. The third-order valence-electron chi connectivity index (χ3n) is 2.60. The van der Waals surface area contributed by atoms with Gasteiger partial charge in [-0.15, -0.1) is 22.9 Å². The van der Waals surface area contributed by atoms with E-state index in [2.05, 4.69) is 23.7 Å². The summed E-state index contributed by atoms with van der Waals surface area (Å²) in [5, 5.41) is 3.16. The van der Waals surface area contributed by atoms with Gasteiger partial charge in [0.15, 0.2) is 0 Å². The van der Waals surface area contributed by atoms with Crippen LogP contribution in [-0.4, -0.2) is 36.7 Å². The summed E-state index contributed by atoms with van der Waals surface area (Å²) >= 11 is 7.43. The second-order valence-electron chi connectivity index (χ2n) is 3.61. The van der Waals surface area contributed by atoms with Gasteiger partial charge in [0.2, 0.25) is 0 Å². The van der Waals surface area contributed by atoms with Gasteiger partial charge in [-0.25, -0.2) is 4.98 Å². The van der Waals surface area contributed by atoms with Crippen LogP contribution in [0.15, 0.2) is 5.38 Å². The lowest BCUT2D eigenvalue weighted by Gasteiger charge is -2.25. The first-order valence-corrected chi connectivity index (χ1v) is 6.87. The molecule has 1 aromatic rings. The molecule has 0 fully saturated rings. The van der Waals surface area contributed by atoms with Crippen molar-refractivity contribution in [1.82, 2.24) is 9.88 Å². The SMILES string of the molecule is CCN(CCOC)C(C)c1nc(CCl)cs1. The van der Waals surface area contributed by atoms with E-state index in [1.807, 2.05) is 5.38 Å². The highest BCUT2D eigenvalue weighted by atomic mass is 35.5. The van der Waals surface area contributed by atoms with Gasteiger partial charge in [-0.2, -0.15) is 0 Å². The molecule has 0 amide bonds. The smallest absolute Gasteiger partial charge is 0.110 e. The lowest BCUT2D eigenvalue weighted by atomic mass is 10.3. The van der Waals surface area contributed by atoms with Gasteiger partial charge in [0.1, 0.15) is 5.01 Å². The molecule has 0 aliphatic heterocycles. The van der Waals surface area contributed by atoms with E-state index in [0.29, 0.717) is 11.9 Å². The Balaban J connectivity index is 2.62. The van der Waals surface area contributed by atoms with Gasteiger partial charge in [0.05, 0.1) is 24.2 Å². The van der Waals surface area contributed by atoms with Gasteiger partial charge in [0.25, 0.3) is 0 Å². The standard InChI is InChI=1S/C11H19ClN2OS/c1-4-14(5-6-15-3)9(2)11-13-10(7-12)8-16-11/h8-9H,4-7H2,1-3H3. The minimum Gasteiger partial charge on any atom is -0.383 e. The summed E-state index contributed by atoms with van der Waals surface area (Å²) < 4.78 is 5.11. The van der Waals surface area contributed by atoms with E-state index in [1.165, 1.54) is 0 Å². The number of hydrogen-bond donors (Lipinski definition) is 0. The molecule has 92 valence electrons. The molecule has 1 heterocycles. The molecule has 0 aliphatic carbocycles. The lowest BCUT2D eigenvalue weighted by Crippen LogP contribution is -2.30. The number of ether oxygens (including phenoxy) is 1. The first kappa shape index (κ1) is 13.9. The summed E-state index contributed by atoms with van der Waals surface area (Å²) in [5.74, 6) is 0.493. The van der Waals surface area contributed by atoms with Crippen LogP contribution in [0.2, 0.25) is 0 Å². The number of likely N-dealkylation sites (N-methyl/N-ethyl adjacent to an activating group) is 1. The van der Waals surface area contributed by atoms with E-state index in [0.717, 1.165) is 30.4 Å². The molecule has 0 spiro atoms. The first-order valence-electron chi connectivity index (χ1n) is 5.46. The summed E-state index contributed by atoms with van der Waals surface area (Å²) in [6.07, 6.45) is 0. The summed E-state index contributed by atoms with van der Waals surface area (Å²) in [6, 6.07) is 0.335. The number of halogens is 1. The summed E-state index contributed by atoms with van der Waals surface area (Å²) in [4.78, 5) is 6.86. The van der Waals surface area contributed by atoms with Crippen molar-refractivity contribution in [2.75, 3.05) is 26.8 Å². The van der Waals surface area contributed by atoms with Gasteiger partial charge in [-0.1, -0.05) is 6.92 Å². The normalized spacial score (nSPS) is 13.3. The highest BCUT2D eigenvalue weighted by Crippen LogP contribution is 2.23. The fourth-order valence-electron chi connectivity index (χ4n) is 1.57. The quantitative estimate of drug-likeness (QED) is 0.707. The van der Waals surface area contributed by atoms with Crippen molar-refractivity contribution < 1.29 is 4.74 Å². The Morgan fingerprint density at radius 2 is 2.38 bits per heavy atom. The number of rotatable bonds is 7. The molecule has 0 radical (unpaired) electrons. The second-order valence-corrected chi connectivity index (χ2v) is 4.77. The van der Waals surface area contributed by atoms with Crippen LogP contribution in [0, 0.1) is 0 Å². The van der Waals surface area contributed by atoms with Crippen molar-refractivity contribution in [2.45, 2.75) is 25.8 Å². The molecule has 0 N–H and O–H groups in total. The molecule has 1 atom stereocenters. The maximum atomic E-state index is 5.75. The molecule has 0 saturated heterocycles. The van der Waals surface area contributed by atoms with E-state index in [4.69, 9.17) is 16.3 Å². The number of methoxy groups -OCH3 is 1. The molecule has 0 aromatic carbocycles. The van der Waals surface area contributed by atoms with Crippen LogP contribution in [0.3, 0.4) is 0 Å². The van der Waals surface area contributed by atoms with Crippen LogP contribution >= 0.6 is 22.9 Å². The van der Waals surface area contributed by atoms with Crippen molar-refractivity contribution in [3.05, 3.63) is 16.1 Å². The van der Waals surface area contributed by atoms with Gasteiger partial charge < -0.3 is 4.74 Å². The molecule has 0 bridgehead atoms. The lowest BCUT2D eigenvalue weighted by molar-refractivity contribution is 0.129. The van der Waals surface area contributed by atoms with Crippen molar-refractivity contribution >= 4 is 22.9 Å². The molecular formula is C11H19ClN2OS. The largest absolute Gasteiger partial charge is 0.383 e. The maximum Gasteiger partial charge on any atom is 0.110 e. The zero-order valence-corrected chi connectivity index (χ0v) is 11.6. The van der Waals surface area contributed by atoms with E-state index in [-0.39, 0.29) is 0 Å². The van der Waals surface area contributed by atoms with Crippen LogP contribution < -0.4 is 0 Å². The Hall–Kier alpha value is -0.160. The monoisotopic (exact) mass is 262 g/mol. The van der Waals surface area contributed by atoms with Crippen LogP contribution in [-0.2, 0) is 10.6 Å². The molecular weight excluding hydrogens is 244 g/mol. The van der Waals surface area contributed by atoms with Gasteiger partial charge >= 0.3 is 0 Å². The van der Waals surface area contributed by atoms with E-state index in [1.54, 1.807) is 18.4 Å². The zero-order valence-electron chi connectivity index (χ0n) is 10.1. The molecule has 1 unspecified atom stereocenters. The number of alkyl halides is 1. The Labute approximate surface area is 106 Å². The average Bonchev–Trinajstić information content (AvgIpc) is 2.78. The van der Waals surface area contributed by atoms with Crippen molar-refractivity contribution in [3.63, 3.8) is 0 Å².